The molecule has 10 heteroatoms. The van der Waals surface area contributed by atoms with Crippen molar-refractivity contribution in [2.45, 2.75) is 70.5 Å². The van der Waals surface area contributed by atoms with Crippen LogP contribution in [0.4, 0.5) is 4.79 Å². The number of aromatic nitrogens is 4. The number of alkyl carbamates (subject to hydrolysis) is 1. The Balaban J connectivity index is 1.34. The van der Waals surface area contributed by atoms with Crippen molar-refractivity contribution in [3.8, 4) is 0 Å². The topological polar surface area (TPSA) is 131 Å². The average molecular weight is 435 g/mol. The van der Waals surface area contributed by atoms with Gasteiger partial charge in [0.15, 0.2) is 0 Å². The van der Waals surface area contributed by atoms with Gasteiger partial charge in [-0.1, -0.05) is 25.5 Å². The number of hydrogen-bond donors (Lipinski definition) is 3. The number of tetrazole rings is 1. The largest absolute Gasteiger partial charge is 0.449 e. The Kier molecular flexibility index (Phi) is 9.26. The molecule has 0 aromatic carbocycles. The second-order valence-electron chi connectivity index (χ2n) is 8.22. The maximum absolute atomic E-state index is 12.0. The van der Waals surface area contributed by atoms with E-state index in [1.807, 2.05) is 0 Å². The Labute approximate surface area is 182 Å². The highest BCUT2D eigenvalue weighted by atomic mass is 16.6. The maximum atomic E-state index is 12.0. The number of aromatic amines is 1. The third kappa shape index (κ3) is 7.30. The van der Waals surface area contributed by atoms with Crippen LogP contribution in [0.2, 0.25) is 0 Å². The summed E-state index contributed by atoms with van der Waals surface area (Å²) < 4.78 is 11.5. The van der Waals surface area contributed by atoms with Gasteiger partial charge in [-0.05, 0) is 54.9 Å². The molecule has 0 unspecified atom stereocenters. The van der Waals surface area contributed by atoms with E-state index >= 15 is 0 Å². The van der Waals surface area contributed by atoms with E-state index in [4.69, 9.17) is 9.47 Å². The van der Waals surface area contributed by atoms with Crippen molar-refractivity contribution in [3.63, 3.8) is 0 Å². The number of unbranched alkanes of at least 4 members (excludes halogenated alkanes) is 2. The lowest BCUT2D eigenvalue weighted by molar-refractivity contribution is -0.120. The second-order valence-corrected chi connectivity index (χ2v) is 8.22. The number of nitrogens with one attached hydrogen (secondary N) is 3. The molecule has 2 saturated heterocycles. The summed E-state index contributed by atoms with van der Waals surface area (Å²) in [6.45, 7) is 2.94. The van der Waals surface area contributed by atoms with Crippen LogP contribution in [0.1, 0.15) is 57.7 Å². The van der Waals surface area contributed by atoms with E-state index in [1.54, 1.807) is 0 Å². The highest BCUT2D eigenvalue weighted by Crippen LogP contribution is 2.45. The van der Waals surface area contributed by atoms with Crippen molar-refractivity contribution in [2.75, 3.05) is 19.7 Å². The van der Waals surface area contributed by atoms with Gasteiger partial charge in [0.1, 0.15) is 5.82 Å². The average Bonchev–Trinajstić information content (AvgIpc) is 3.51. The Morgan fingerprint density at radius 1 is 1.19 bits per heavy atom. The molecule has 0 spiro atoms. The predicted octanol–water partition coefficient (Wildman–Crippen LogP) is 1.90. The summed E-state index contributed by atoms with van der Waals surface area (Å²) in [5, 5.41) is 19.1. The Bertz CT molecular complexity index is 711. The van der Waals surface area contributed by atoms with Gasteiger partial charge in [0.25, 0.3) is 0 Å². The summed E-state index contributed by atoms with van der Waals surface area (Å²) in [5.74, 6) is 1.17. The first-order valence-electron chi connectivity index (χ1n) is 11.4. The Hall–Kier alpha value is -2.49. The number of amides is 2. The van der Waals surface area contributed by atoms with Gasteiger partial charge in [-0.25, -0.2) is 9.89 Å². The number of hydrogen-bond acceptors (Lipinski definition) is 7. The SMILES string of the molecule is CCCCNC(=O)CNC(=O)OC[C@H]1[C@@H](C/C=C\CCCc2nnn[nH]2)[C@H]2CC[C@@H]1O2. The first-order chi connectivity index (χ1) is 15.2. The molecule has 3 N–H and O–H groups in total. The van der Waals surface area contributed by atoms with Gasteiger partial charge in [0.2, 0.25) is 5.91 Å². The number of carbonyl (C=O) groups is 2. The number of ether oxygens (including phenoxy) is 2. The van der Waals surface area contributed by atoms with E-state index in [0.29, 0.717) is 19.1 Å². The molecule has 0 saturated carbocycles. The molecule has 2 bridgehead atoms. The summed E-state index contributed by atoms with van der Waals surface area (Å²) in [4.78, 5) is 23.7. The Morgan fingerprint density at radius 2 is 2.03 bits per heavy atom. The van der Waals surface area contributed by atoms with Crippen molar-refractivity contribution >= 4 is 12.0 Å². The molecule has 31 heavy (non-hydrogen) atoms. The Morgan fingerprint density at radius 3 is 2.81 bits per heavy atom. The summed E-state index contributed by atoms with van der Waals surface area (Å²) in [6.07, 6.45) is 12.0. The van der Waals surface area contributed by atoms with Crippen molar-refractivity contribution < 1.29 is 19.1 Å². The monoisotopic (exact) mass is 434 g/mol. The number of nitrogens with zero attached hydrogens (tertiary/aromatic N) is 3. The number of H-pyrrole nitrogens is 1. The van der Waals surface area contributed by atoms with Crippen LogP contribution in [0.25, 0.3) is 0 Å². The minimum atomic E-state index is -0.551. The molecule has 0 radical (unpaired) electrons. The van der Waals surface area contributed by atoms with Crippen LogP contribution in [0.15, 0.2) is 12.2 Å². The van der Waals surface area contributed by atoms with Gasteiger partial charge in [0, 0.05) is 18.9 Å². The quantitative estimate of drug-likeness (QED) is 0.319. The lowest BCUT2D eigenvalue weighted by Crippen LogP contribution is -2.39. The van der Waals surface area contributed by atoms with Crippen LogP contribution in [0, 0.1) is 11.8 Å². The fourth-order valence-electron chi connectivity index (χ4n) is 4.31. The zero-order valence-electron chi connectivity index (χ0n) is 18.2. The van der Waals surface area contributed by atoms with Crippen LogP contribution in [-0.2, 0) is 20.7 Å². The molecule has 0 aliphatic carbocycles. The predicted molar refractivity (Wildman–Crippen MR) is 113 cm³/mol. The van der Waals surface area contributed by atoms with Crippen molar-refractivity contribution in [2.24, 2.45) is 11.8 Å². The third-order valence-electron chi connectivity index (χ3n) is 5.99. The minimum absolute atomic E-state index is 0.0634. The molecule has 2 fully saturated rings. The van der Waals surface area contributed by atoms with E-state index in [9.17, 15) is 9.59 Å². The van der Waals surface area contributed by atoms with Gasteiger partial charge in [-0.15, -0.1) is 5.10 Å². The fourth-order valence-corrected chi connectivity index (χ4v) is 4.31. The summed E-state index contributed by atoms with van der Waals surface area (Å²) in [5.41, 5.74) is 0. The minimum Gasteiger partial charge on any atom is -0.449 e. The first-order valence-corrected chi connectivity index (χ1v) is 11.4. The summed E-state index contributed by atoms with van der Waals surface area (Å²) in [7, 11) is 0. The van der Waals surface area contributed by atoms with Crippen molar-refractivity contribution in [1.29, 1.82) is 0 Å². The molecule has 1 aromatic heterocycles. The van der Waals surface area contributed by atoms with Crippen LogP contribution in [0.5, 0.6) is 0 Å². The van der Waals surface area contributed by atoms with Crippen LogP contribution >= 0.6 is 0 Å². The lowest BCUT2D eigenvalue weighted by Gasteiger charge is -2.26. The molecule has 10 nitrogen and oxygen atoms in total. The van der Waals surface area contributed by atoms with Crippen molar-refractivity contribution in [1.82, 2.24) is 31.3 Å². The van der Waals surface area contributed by atoms with Gasteiger partial charge >= 0.3 is 6.09 Å². The number of rotatable bonds is 13. The molecule has 4 atom stereocenters. The number of aryl methyl sites for hydroxylation is 1. The zero-order valence-corrected chi connectivity index (χ0v) is 18.2. The summed E-state index contributed by atoms with van der Waals surface area (Å²) >= 11 is 0. The molecular formula is C21H34N6O4. The fraction of sp³-hybridized carbons (Fsp3) is 0.762. The molecular weight excluding hydrogens is 400 g/mol. The van der Waals surface area contributed by atoms with Crippen LogP contribution in [0.3, 0.4) is 0 Å². The van der Waals surface area contributed by atoms with Gasteiger partial charge in [-0.2, -0.15) is 0 Å². The molecule has 2 aliphatic rings. The molecule has 3 heterocycles. The van der Waals surface area contributed by atoms with Gasteiger partial charge < -0.3 is 20.1 Å². The molecule has 2 amide bonds. The molecule has 172 valence electrons. The van der Waals surface area contributed by atoms with Crippen molar-refractivity contribution in [3.05, 3.63) is 18.0 Å². The van der Waals surface area contributed by atoms with Gasteiger partial charge in [-0.3, -0.25) is 4.79 Å². The van der Waals surface area contributed by atoms with E-state index in [1.165, 1.54) is 0 Å². The smallest absolute Gasteiger partial charge is 0.407 e. The van der Waals surface area contributed by atoms with E-state index in [0.717, 1.165) is 57.2 Å². The molecule has 3 rings (SSSR count). The van der Waals surface area contributed by atoms with Crippen LogP contribution in [-0.4, -0.2) is 64.5 Å². The van der Waals surface area contributed by atoms with E-state index in [-0.39, 0.29) is 30.6 Å². The van der Waals surface area contributed by atoms with E-state index in [2.05, 4.69) is 50.3 Å². The van der Waals surface area contributed by atoms with E-state index < -0.39 is 6.09 Å². The van der Waals surface area contributed by atoms with Crippen LogP contribution < -0.4 is 10.6 Å². The lowest BCUT2D eigenvalue weighted by atomic mass is 9.78. The molecule has 2 aliphatic heterocycles. The molecule has 1 aromatic rings. The maximum Gasteiger partial charge on any atom is 0.407 e. The normalized spacial score (nSPS) is 24.5. The van der Waals surface area contributed by atoms with Gasteiger partial charge in [0.05, 0.1) is 25.4 Å². The number of allylic oxidation sites excluding steroid dienone is 2. The standard InChI is InChI=1S/C21H34N6O4/c1-2-3-12-22-20(28)13-23-21(29)30-14-16-15(17-10-11-18(16)31-17)8-6-4-5-7-9-19-24-26-27-25-19/h4,6,15-18H,2-3,5,7-14H2,1H3,(H,22,28)(H,23,29)(H,24,25,26,27)/b6-4-/t15-,16+,17-,18+/m1/s1. The highest BCUT2D eigenvalue weighted by molar-refractivity contribution is 5.82. The summed E-state index contributed by atoms with van der Waals surface area (Å²) in [6, 6.07) is 0. The number of carbonyl (C=O) groups excluding carboxylic acids is 2. The zero-order chi connectivity index (χ0) is 21.9. The first kappa shape index (κ1) is 23.2. The highest BCUT2D eigenvalue weighted by Gasteiger charge is 2.48. The second kappa shape index (κ2) is 12.4. The third-order valence-corrected chi connectivity index (χ3v) is 5.99. The number of fused-ring (bicyclic) bond motifs is 2.